The van der Waals surface area contributed by atoms with Gasteiger partial charge in [0.1, 0.15) is 0 Å². The molecule has 1 saturated carbocycles. The molecule has 3 rings (SSSR count). The summed E-state index contributed by atoms with van der Waals surface area (Å²) in [5, 5.41) is 8.55. The second kappa shape index (κ2) is 8.63. The van der Waals surface area contributed by atoms with Crippen LogP contribution in [0.1, 0.15) is 36.9 Å². The maximum absolute atomic E-state index is 12.3. The first-order valence-corrected chi connectivity index (χ1v) is 9.08. The van der Waals surface area contributed by atoms with Gasteiger partial charge in [-0.25, -0.2) is 4.79 Å². The van der Waals surface area contributed by atoms with Crippen molar-refractivity contribution in [2.24, 2.45) is 0 Å². The van der Waals surface area contributed by atoms with Gasteiger partial charge in [-0.2, -0.15) is 0 Å². The molecule has 2 atom stereocenters. The Hall–Kier alpha value is -2.66. The number of benzene rings is 2. The Balaban J connectivity index is 1.64. The second-order valence-electron chi connectivity index (χ2n) is 6.78. The van der Waals surface area contributed by atoms with Crippen LogP contribution in [0, 0.1) is 0 Å². The van der Waals surface area contributed by atoms with Gasteiger partial charge in [-0.1, -0.05) is 60.7 Å². The fourth-order valence-corrected chi connectivity index (χ4v) is 2.85. The summed E-state index contributed by atoms with van der Waals surface area (Å²) in [6, 6.07) is 19.5. The molecule has 0 bridgehead atoms. The van der Waals surface area contributed by atoms with Crippen molar-refractivity contribution in [1.82, 2.24) is 16.0 Å². The summed E-state index contributed by atoms with van der Waals surface area (Å²) in [6.45, 7) is 1.78. The van der Waals surface area contributed by atoms with Crippen molar-refractivity contribution >= 4 is 11.9 Å². The zero-order valence-electron chi connectivity index (χ0n) is 14.9. The standard InChI is InChI=1S/C21H25N3O2/c1-15(20(25)24-21(26)23-18-12-13-18)22-19(17-10-6-3-7-11-17)14-16-8-4-2-5-9-16/h2-11,15,18-19,22H,12-14H2,1H3,(H2,23,24,25,26)/t15-,19-/m0/s1. The zero-order chi connectivity index (χ0) is 18.4. The third kappa shape index (κ3) is 5.43. The highest BCUT2D eigenvalue weighted by atomic mass is 16.2. The number of hydrogen-bond donors (Lipinski definition) is 3. The summed E-state index contributed by atoms with van der Waals surface area (Å²) >= 11 is 0. The van der Waals surface area contributed by atoms with Crippen molar-refractivity contribution in [3.05, 3.63) is 71.8 Å². The number of urea groups is 1. The fourth-order valence-electron chi connectivity index (χ4n) is 2.85. The van der Waals surface area contributed by atoms with Gasteiger partial charge in [0.25, 0.3) is 0 Å². The van der Waals surface area contributed by atoms with Crippen molar-refractivity contribution in [2.75, 3.05) is 0 Å². The number of rotatable bonds is 7. The maximum Gasteiger partial charge on any atom is 0.321 e. The molecule has 26 heavy (non-hydrogen) atoms. The lowest BCUT2D eigenvalue weighted by atomic mass is 9.98. The van der Waals surface area contributed by atoms with Crippen LogP contribution in [0.4, 0.5) is 4.79 Å². The average Bonchev–Trinajstić information content (AvgIpc) is 3.46. The summed E-state index contributed by atoms with van der Waals surface area (Å²) in [6.07, 6.45) is 2.74. The van der Waals surface area contributed by atoms with Crippen LogP contribution >= 0.6 is 0 Å². The summed E-state index contributed by atoms with van der Waals surface area (Å²) in [4.78, 5) is 24.1. The number of amides is 3. The molecule has 0 saturated heterocycles. The number of carbonyl (C=O) groups excluding carboxylic acids is 2. The SMILES string of the molecule is C[C@H](N[C@@H](Cc1ccccc1)c1ccccc1)C(=O)NC(=O)NC1CC1. The molecule has 2 aromatic carbocycles. The monoisotopic (exact) mass is 351 g/mol. The Kier molecular flexibility index (Phi) is 6.02. The number of nitrogens with one attached hydrogen (secondary N) is 3. The van der Waals surface area contributed by atoms with E-state index in [9.17, 15) is 9.59 Å². The average molecular weight is 351 g/mol. The van der Waals surface area contributed by atoms with E-state index < -0.39 is 12.1 Å². The topological polar surface area (TPSA) is 70.2 Å². The van der Waals surface area contributed by atoms with E-state index in [-0.39, 0.29) is 18.0 Å². The van der Waals surface area contributed by atoms with Crippen LogP contribution in [-0.4, -0.2) is 24.0 Å². The van der Waals surface area contributed by atoms with Crippen LogP contribution in [0.3, 0.4) is 0 Å². The molecule has 1 fully saturated rings. The van der Waals surface area contributed by atoms with Gasteiger partial charge in [-0.05, 0) is 37.3 Å². The van der Waals surface area contributed by atoms with E-state index in [1.54, 1.807) is 6.92 Å². The number of carbonyl (C=O) groups is 2. The molecule has 1 aliphatic rings. The minimum absolute atomic E-state index is 0.0224. The Labute approximate surface area is 154 Å². The van der Waals surface area contributed by atoms with E-state index >= 15 is 0 Å². The Morgan fingerprint density at radius 3 is 2.23 bits per heavy atom. The van der Waals surface area contributed by atoms with Gasteiger partial charge in [-0.15, -0.1) is 0 Å². The highest BCUT2D eigenvalue weighted by Crippen LogP contribution is 2.19. The lowest BCUT2D eigenvalue weighted by molar-refractivity contribution is -0.121. The first-order valence-electron chi connectivity index (χ1n) is 9.08. The zero-order valence-corrected chi connectivity index (χ0v) is 14.9. The van der Waals surface area contributed by atoms with Crippen LogP contribution in [0.25, 0.3) is 0 Å². The van der Waals surface area contributed by atoms with E-state index in [1.165, 1.54) is 5.56 Å². The second-order valence-corrected chi connectivity index (χ2v) is 6.78. The molecule has 3 N–H and O–H groups in total. The Bertz CT molecular complexity index is 729. The van der Waals surface area contributed by atoms with E-state index in [2.05, 4.69) is 28.1 Å². The predicted molar refractivity (Wildman–Crippen MR) is 102 cm³/mol. The molecule has 3 amide bonds. The molecule has 0 unspecified atom stereocenters. The van der Waals surface area contributed by atoms with Crippen molar-refractivity contribution in [2.45, 2.75) is 44.3 Å². The normalized spacial score (nSPS) is 15.7. The molecule has 0 heterocycles. The highest BCUT2D eigenvalue weighted by molar-refractivity contribution is 5.97. The molecule has 1 aliphatic carbocycles. The number of hydrogen-bond acceptors (Lipinski definition) is 3. The summed E-state index contributed by atoms with van der Waals surface area (Å²) in [7, 11) is 0. The van der Waals surface area contributed by atoms with Crippen LogP contribution in [0.5, 0.6) is 0 Å². The van der Waals surface area contributed by atoms with Gasteiger partial charge in [0, 0.05) is 12.1 Å². The minimum atomic E-state index is -0.492. The van der Waals surface area contributed by atoms with E-state index in [1.807, 2.05) is 48.5 Å². The highest BCUT2D eigenvalue weighted by Gasteiger charge is 2.25. The molecule has 0 aliphatic heterocycles. The van der Waals surface area contributed by atoms with Crippen LogP contribution < -0.4 is 16.0 Å². The van der Waals surface area contributed by atoms with Gasteiger partial charge in [0.2, 0.25) is 5.91 Å². The minimum Gasteiger partial charge on any atom is -0.335 e. The van der Waals surface area contributed by atoms with Crippen molar-refractivity contribution < 1.29 is 9.59 Å². The molecular weight excluding hydrogens is 326 g/mol. The molecular formula is C21H25N3O2. The van der Waals surface area contributed by atoms with Crippen LogP contribution in [0.2, 0.25) is 0 Å². The third-order valence-corrected chi connectivity index (χ3v) is 4.48. The van der Waals surface area contributed by atoms with Crippen molar-refractivity contribution in [3.8, 4) is 0 Å². The molecule has 5 nitrogen and oxygen atoms in total. The first-order chi connectivity index (χ1) is 12.6. The van der Waals surface area contributed by atoms with Crippen molar-refractivity contribution in [1.29, 1.82) is 0 Å². The maximum atomic E-state index is 12.3. The lowest BCUT2D eigenvalue weighted by Crippen LogP contribution is -2.49. The molecule has 0 radical (unpaired) electrons. The van der Waals surface area contributed by atoms with Gasteiger partial charge < -0.3 is 5.32 Å². The quantitative estimate of drug-likeness (QED) is 0.718. The largest absolute Gasteiger partial charge is 0.335 e. The van der Waals surface area contributed by atoms with Crippen LogP contribution in [-0.2, 0) is 11.2 Å². The van der Waals surface area contributed by atoms with E-state index in [0.29, 0.717) is 0 Å². The van der Waals surface area contributed by atoms with Gasteiger partial charge in [-0.3, -0.25) is 15.4 Å². The first kappa shape index (κ1) is 18.1. The molecule has 5 heteroatoms. The van der Waals surface area contributed by atoms with Crippen LogP contribution in [0.15, 0.2) is 60.7 Å². The predicted octanol–water partition coefficient (Wildman–Crippen LogP) is 2.94. The lowest BCUT2D eigenvalue weighted by Gasteiger charge is -2.23. The van der Waals surface area contributed by atoms with E-state index in [0.717, 1.165) is 24.8 Å². The summed E-state index contributed by atoms with van der Waals surface area (Å²) in [5.41, 5.74) is 2.30. The molecule has 0 spiro atoms. The van der Waals surface area contributed by atoms with Gasteiger partial charge >= 0.3 is 6.03 Å². The summed E-state index contributed by atoms with van der Waals surface area (Å²) in [5.74, 6) is -0.322. The van der Waals surface area contributed by atoms with Gasteiger partial charge in [0.05, 0.1) is 6.04 Å². The molecule has 2 aromatic rings. The van der Waals surface area contributed by atoms with Crippen molar-refractivity contribution in [3.63, 3.8) is 0 Å². The smallest absolute Gasteiger partial charge is 0.321 e. The fraction of sp³-hybridized carbons (Fsp3) is 0.333. The Morgan fingerprint density at radius 2 is 1.62 bits per heavy atom. The third-order valence-electron chi connectivity index (χ3n) is 4.48. The molecule has 0 aromatic heterocycles. The van der Waals surface area contributed by atoms with Gasteiger partial charge in [0.15, 0.2) is 0 Å². The summed E-state index contributed by atoms with van der Waals surface area (Å²) < 4.78 is 0. The molecule has 136 valence electrons. The Morgan fingerprint density at radius 1 is 1.00 bits per heavy atom. The number of imide groups is 1. The van der Waals surface area contributed by atoms with E-state index in [4.69, 9.17) is 0 Å².